The van der Waals surface area contributed by atoms with Gasteiger partial charge in [-0.05, 0) is 13.3 Å². The van der Waals surface area contributed by atoms with Gasteiger partial charge in [0.15, 0.2) is 0 Å². The van der Waals surface area contributed by atoms with Gasteiger partial charge in [0.1, 0.15) is 6.10 Å². The van der Waals surface area contributed by atoms with Crippen LogP contribution >= 0.6 is 0 Å². The highest BCUT2D eigenvalue weighted by atomic mass is 16.5. The van der Waals surface area contributed by atoms with Crippen LogP contribution in [0.25, 0.3) is 0 Å². The lowest BCUT2D eigenvalue weighted by Gasteiger charge is -2.27. The smallest absolute Gasteiger partial charge is 0.249 e. The summed E-state index contributed by atoms with van der Waals surface area (Å²) in [5.74, 6) is -0.449. The Balaban J connectivity index is 3.80. The summed E-state index contributed by atoms with van der Waals surface area (Å²) in [5, 5.41) is 21.2. The molecule has 0 heterocycles. The molecule has 0 spiro atoms. The van der Waals surface area contributed by atoms with E-state index in [1.54, 1.807) is 13.8 Å². The SMILES string of the molecule is CCOCCCNC(=O)C(O)C(C)(C)CO. The number of carbonyl (C=O) groups excluding carboxylic acids is 1. The van der Waals surface area contributed by atoms with Crippen LogP contribution in [0.3, 0.4) is 0 Å². The number of hydrogen-bond acceptors (Lipinski definition) is 4. The molecule has 0 aromatic carbocycles. The lowest BCUT2D eigenvalue weighted by atomic mass is 9.87. The van der Waals surface area contributed by atoms with Crippen molar-refractivity contribution in [3.8, 4) is 0 Å². The molecule has 0 fully saturated rings. The first-order chi connectivity index (χ1) is 7.45. The summed E-state index contributed by atoms with van der Waals surface area (Å²) in [6, 6.07) is 0. The first kappa shape index (κ1) is 15.3. The number of aliphatic hydroxyl groups is 2. The average Bonchev–Trinajstić information content (AvgIpc) is 2.27. The molecular weight excluding hydrogens is 210 g/mol. The molecule has 0 rings (SSSR count). The molecule has 0 aliphatic carbocycles. The lowest BCUT2D eigenvalue weighted by molar-refractivity contribution is -0.137. The van der Waals surface area contributed by atoms with E-state index in [1.807, 2.05) is 6.92 Å². The Morgan fingerprint density at radius 1 is 1.50 bits per heavy atom. The minimum atomic E-state index is -1.19. The highest BCUT2D eigenvalue weighted by Crippen LogP contribution is 2.19. The van der Waals surface area contributed by atoms with Gasteiger partial charge in [-0.25, -0.2) is 0 Å². The normalized spacial score (nSPS) is 13.6. The predicted molar refractivity (Wildman–Crippen MR) is 61.0 cm³/mol. The van der Waals surface area contributed by atoms with Crippen LogP contribution in [0.5, 0.6) is 0 Å². The average molecular weight is 233 g/mol. The first-order valence-corrected chi connectivity index (χ1v) is 5.60. The molecule has 3 N–H and O–H groups in total. The zero-order valence-corrected chi connectivity index (χ0v) is 10.3. The van der Waals surface area contributed by atoms with Gasteiger partial charge in [-0.15, -0.1) is 0 Å². The largest absolute Gasteiger partial charge is 0.396 e. The number of hydrogen-bond donors (Lipinski definition) is 3. The Labute approximate surface area is 96.8 Å². The van der Waals surface area contributed by atoms with Crippen LogP contribution in [0.15, 0.2) is 0 Å². The Morgan fingerprint density at radius 2 is 2.12 bits per heavy atom. The number of rotatable bonds is 8. The zero-order chi connectivity index (χ0) is 12.6. The maximum absolute atomic E-state index is 11.5. The Hall–Kier alpha value is -0.650. The molecule has 5 nitrogen and oxygen atoms in total. The number of carbonyl (C=O) groups is 1. The van der Waals surface area contributed by atoms with Crippen molar-refractivity contribution in [2.75, 3.05) is 26.4 Å². The van der Waals surface area contributed by atoms with Gasteiger partial charge < -0.3 is 20.3 Å². The fourth-order valence-electron chi connectivity index (χ4n) is 1.07. The zero-order valence-electron chi connectivity index (χ0n) is 10.3. The Bertz CT molecular complexity index is 206. The lowest BCUT2D eigenvalue weighted by Crippen LogP contribution is -2.45. The number of ether oxygens (including phenoxy) is 1. The van der Waals surface area contributed by atoms with Crippen molar-refractivity contribution in [1.82, 2.24) is 5.32 Å². The minimum absolute atomic E-state index is 0.236. The van der Waals surface area contributed by atoms with Crippen LogP contribution in [0.4, 0.5) is 0 Å². The fraction of sp³-hybridized carbons (Fsp3) is 0.909. The molecule has 0 bridgehead atoms. The van der Waals surface area contributed by atoms with Gasteiger partial charge in [0, 0.05) is 25.2 Å². The molecule has 0 aromatic heterocycles. The molecule has 1 atom stereocenters. The van der Waals surface area contributed by atoms with Gasteiger partial charge in [-0.3, -0.25) is 4.79 Å². The Morgan fingerprint density at radius 3 is 2.62 bits per heavy atom. The van der Waals surface area contributed by atoms with Gasteiger partial charge in [0.25, 0.3) is 0 Å². The van der Waals surface area contributed by atoms with Crippen molar-refractivity contribution in [3.63, 3.8) is 0 Å². The third-order valence-corrected chi connectivity index (χ3v) is 2.36. The van der Waals surface area contributed by atoms with Crippen LogP contribution in [0.1, 0.15) is 27.2 Å². The van der Waals surface area contributed by atoms with E-state index in [1.165, 1.54) is 0 Å². The molecule has 1 unspecified atom stereocenters. The second-order valence-corrected chi connectivity index (χ2v) is 4.39. The third-order valence-electron chi connectivity index (χ3n) is 2.36. The van der Waals surface area contributed by atoms with E-state index in [9.17, 15) is 9.90 Å². The number of nitrogens with one attached hydrogen (secondary N) is 1. The van der Waals surface area contributed by atoms with Crippen LogP contribution < -0.4 is 5.32 Å². The summed E-state index contributed by atoms with van der Waals surface area (Å²) in [4.78, 5) is 11.5. The monoisotopic (exact) mass is 233 g/mol. The minimum Gasteiger partial charge on any atom is -0.396 e. The topological polar surface area (TPSA) is 78.8 Å². The summed E-state index contributed by atoms with van der Waals surface area (Å²) in [6.07, 6.45) is -0.476. The molecule has 96 valence electrons. The van der Waals surface area contributed by atoms with E-state index in [2.05, 4.69) is 5.32 Å². The fourth-order valence-corrected chi connectivity index (χ4v) is 1.07. The van der Waals surface area contributed by atoms with E-state index < -0.39 is 17.4 Å². The molecule has 1 amide bonds. The van der Waals surface area contributed by atoms with Gasteiger partial charge in [-0.2, -0.15) is 0 Å². The van der Waals surface area contributed by atoms with Crippen LogP contribution in [-0.2, 0) is 9.53 Å². The van der Waals surface area contributed by atoms with Gasteiger partial charge in [0.05, 0.1) is 6.61 Å². The van der Waals surface area contributed by atoms with Crippen molar-refractivity contribution >= 4 is 5.91 Å². The quantitative estimate of drug-likeness (QED) is 0.512. The van der Waals surface area contributed by atoms with Crippen molar-refractivity contribution in [2.45, 2.75) is 33.3 Å². The molecule has 0 aliphatic heterocycles. The highest BCUT2D eigenvalue weighted by molar-refractivity contribution is 5.81. The molecule has 0 saturated heterocycles. The molecule has 0 radical (unpaired) electrons. The maximum Gasteiger partial charge on any atom is 0.249 e. The predicted octanol–water partition coefficient (Wildman–Crippen LogP) is -0.0914. The van der Waals surface area contributed by atoms with Crippen molar-refractivity contribution in [2.24, 2.45) is 5.41 Å². The van der Waals surface area contributed by atoms with Gasteiger partial charge in [-0.1, -0.05) is 13.8 Å². The maximum atomic E-state index is 11.5. The van der Waals surface area contributed by atoms with E-state index in [0.717, 1.165) is 0 Å². The van der Waals surface area contributed by atoms with Gasteiger partial charge >= 0.3 is 0 Å². The van der Waals surface area contributed by atoms with Gasteiger partial charge in [0.2, 0.25) is 5.91 Å². The van der Waals surface area contributed by atoms with Crippen LogP contribution in [0.2, 0.25) is 0 Å². The van der Waals surface area contributed by atoms with E-state index >= 15 is 0 Å². The third kappa shape index (κ3) is 5.44. The van der Waals surface area contributed by atoms with Crippen molar-refractivity contribution in [1.29, 1.82) is 0 Å². The molecule has 0 aromatic rings. The number of amides is 1. The number of aliphatic hydroxyl groups excluding tert-OH is 2. The molecule has 16 heavy (non-hydrogen) atoms. The molecule has 5 heteroatoms. The summed E-state index contributed by atoms with van der Waals surface area (Å²) >= 11 is 0. The van der Waals surface area contributed by atoms with E-state index in [4.69, 9.17) is 9.84 Å². The first-order valence-electron chi connectivity index (χ1n) is 5.60. The summed E-state index contributed by atoms with van der Waals surface area (Å²) in [6.45, 7) is 6.67. The van der Waals surface area contributed by atoms with E-state index in [-0.39, 0.29) is 6.61 Å². The summed E-state index contributed by atoms with van der Waals surface area (Å²) in [7, 11) is 0. The molecule has 0 saturated carbocycles. The highest BCUT2D eigenvalue weighted by Gasteiger charge is 2.32. The summed E-state index contributed by atoms with van der Waals surface area (Å²) in [5.41, 5.74) is -0.815. The van der Waals surface area contributed by atoms with Crippen LogP contribution in [-0.4, -0.2) is 48.6 Å². The van der Waals surface area contributed by atoms with Crippen LogP contribution in [0, 0.1) is 5.41 Å². The summed E-state index contributed by atoms with van der Waals surface area (Å²) < 4.78 is 5.11. The second kappa shape index (κ2) is 7.60. The standard InChI is InChI=1S/C11H23NO4/c1-4-16-7-5-6-12-10(15)9(14)11(2,3)8-13/h9,13-14H,4-8H2,1-3H3,(H,12,15). The Kier molecular flexibility index (Phi) is 7.29. The molecule has 0 aliphatic rings. The van der Waals surface area contributed by atoms with Crippen molar-refractivity contribution < 1.29 is 19.7 Å². The van der Waals surface area contributed by atoms with Crippen molar-refractivity contribution in [3.05, 3.63) is 0 Å². The second-order valence-electron chi connectivity index (χ2n) is 4.39. The van der Waals surface area contributed by atoms with E-state index in [0.29, 0.717) is 26.2 Å². The molecular formula is C11H23NO4.